The van der Waals surface area contributed by atoms with Gasteiger partial charge in [0.15, 0.2) is 0 Å². The van der Waals surface area contributed by atoms with Crippen LogP contribution in [0.15, 0.2) is 0 Å². The van der Waals surface area contributed by atoms with Crippen molar-refractivity contribution in [3.8, 4) is 12.3 Å². The summed E-state index contributed by atoms with van der Waals surface area (Å²) in [6, 6.07) is 0. The van der Waals surface area contributed by atoms with Gasteiger partial charge >= 0.3 is 0 Å². The predicted octanol–water partition coefficient (Wildman–Crippen LogP) is 2.98. The minimum atomic E-state index is -0.414. The molecule has 0 aromatic heterocycles. The Hall–Kier alpha value is -0.480. The molecule has 0 radical (unpaired) electrons. The van der Waals surface area contributed by atoms with Crippen molar-refractivity contribution in [2.45, 2.75) is 58.0 Å². The van der Waals surface area contributed by atoms with Crippen LogP contribution in [-0.2, 0) is 0 Å². The van der Waals surface area contributed by atoms with Crippen molar-refractivity contribution in [1.82, 2.24) is 0 Å². The molecular formula is C13H22O. The lowest BCUT2D eigenvalue weighted by Crippen LogP contribution is -2.37. The first-order chi connectivity index (χ1) is 6.57. The van der Waals surface area contributed by atoms with Crippen LogP contribution in [0.3, 0.4) is 0 Å². The number of rotatable bonds is 3. The van der Waals surface area contributed by atoms with Gasteiger partial charge in [-0.1, -0.05) is 13.8 Å². The minimum Gasteiger partial charge on any atom is -0.390 e. The average Bonchev–Trinajstić information content (AvgIpc) is 2.13. The smallest absolute Gasteiger partial charge is 0.0650 e. The maximum Gasteiger partial charge on any atom is 0.0650 e. The molecular weight excluding hydrogens is 172 g/mol. The largest absolute Gasteiger partial charge is 0.390 e. The fourth-order valence-electron chi connectivity index (χ4n) is 2.43. The molecule has 0 aromatic carbocycles. The summed E-state index contributed by atoms with van der Waals surface area (Å²) in [4.78, 5) is 0. The molecule has 0 bridgehead atoms. The molecule has 1 N–H and O–H groups in total. The summed E-state index contributed by atoms with van der Waals surface area (Å²) >= 11 is 0. The Balaban J connectivity index is 2.38. The Bertz CT molecular complexity index is 216. The molecule has 0 amide bonds. The summed E-state index contributed by atoms with van der Waals surface area (Å²) < 4.78 is 0. The van der Waals surface area contributed by atoms with Gasteiger partial charge < -0.3 is 5.11 Å². The van der Waals surface area contributed by atoms with Gasteiger partial charge in [0.2, 0.25) is 0 Å². The van der Waals surface area contributed by atoms with Crippen LogP contribution in [0.1, 0.15) is 52.4 Å². The van der Waals surface area contributed by atoms with E-state index < -0.39 is 5.60 Å². The van der Waals surface area contributed by atoms with E-state index >= 15 is 0 Å². The van der Waals surface area contributed by atoms with E-state index in [9.17, 15) is 5.11 Å². The van der Waals surface area contributed by atoms with Gasteiger partial charge in [-0.3, -0.25) is 0 Å². The lowest BCUT2D eigenvalue weighted by Gasteiger charge is -2.39. The van der Waals surface area contributed by atoms with Gasteiger partial charge in [0, 0.05) is 6.42 Å². The van der Waals surface area contributed by atoms with Gasteiger partial charge in [0.25, 0.3) is 0 Å². The van der Waals surface area contributed by atoms with E-state index in [1.165, 1.54) is 0 Å². The van der Waals surface area contributed by atoms with Crippen LogP contribution >= 0.6 is 0 Å². The van der Waals surface area contributed by atoms with Crippen molar-refractivity contribution in [2.24, 2.45) is 11.8 Å². The first-order valence-corrected chi connectivity index (χ1v) is 5.73. The van der Waals surface area contributed by atoms with E-state index in [1.807, 2.05) is 0 Å². The van der Waals surface area contributed by atoms with Crippen molar-refractivity contribution < 1.29 is 5.11 Å². The molecule has 1 saturated carbocycles. The standard InChI is InChI=1S/C13H22O/c1-4-5-6-8-13(14)9-7-11(2)12(3)10-13/h1,11-12,14H,5-10H2,2-3H3. The van der Waals surface area contributed by atoms with Crippen LogP contribution in [0.2, 0.25) is 0 Å². The quantitative estimate of drug-likeness (QED) is 0.541. The molecule has 1 nitrogen and oxygen atoms in total. The van der Waals surface area contributed by atoms with E-state index in [2.05, 4.69) is 19.8 Å². The first kappa shape index (κ1) is 11.6. The summed E-state index contributed by atoms with van der Waals surface area (Å²) in [7, 11) is 0. The molecule has 3 unspecified atom stereocenters. The fourth-order valence-corrected chi connectivity index (χ4v) is 2.43. The van der Waals surface area contributed by atoms with Crippen molar-refractivity contribution in [2.75, 3.05) is 0 Å². The second kappa shape index (κ2) is 4.84. The lowest BCUT2D eigenvalue weighted by atomic mass is 9.71. The van der Waals surface area contributed by atoms with Crippen molar-refractivity contribution >= 4 is 0 Å². The van der Waals surface area contributed by atoms with Gasteiger partial charge in [0.1, 0.15) is 0 Å². The second-order valence-electron chi connectivity index (χ2n) is 4.98. The monoisotopic (exact) mass is 194 g/mol. The fraction of sp³-hybridized carbons (Fsp3) is 0.846. The number of hydrogen-bond acceptors (Lipinski definition) is 1. The van der Waals surface area contributed by atoms with Gasteiger partial charge in [-0.05, 0) is 43.9 Å². The van der Waals surface area contributed by atoms with E-state index in [0.29, 0.717) is 5.92 Å². The molecule has 0 aromatic rings. The molecule has 1 rings (SSSR count). The van der Waals surface area contributed by atoms with Crippen LogP contribution in [0.25, 0.3) is 0 Å². The summed E-state index contributed by atoms with van der Waals surface area (Å²) in [5.74, 6) is 4.05. The number of unbranched alkanes of at least 4 members (excludes halogenated alkanes) is 1. The van der Waals surface area contributed by atoms with Crippen LogP contribution in [0.5, 0.6) is 0 Å². The first-order valence-electron chi connectivity index (χ1n) is 5.73. The predicted molar refractivity (Wildman–Crippen MR) is 59.8 cm³/mol. The van der Waals surface area contributed by atoms with Gasteiger partial charge in [-0.15, -0.1) is 12.3 Å². The lowest BCUT2D eigenvalue weighted by molar-refractivity contribution is -0.0360. The molecule has 80 valence electrons. The van der Waals surface area contributed by atoms with Crippen LogP contribution in [0, 0.1) is 24.2 Å². The minimum absolute atomic E-state index is 0.414. The zero-order valence-corrected chi connectivity index (χ0v) is 9.42. The molecule has 1 fully saturated rings. The number of hydrogen-bond donors (Lipinski definition) is 1. The summed E-state index contributed by atoms with van der Waals surface area (Å²) in [6.07, 6.45) is 10.9. The zero-order chi connectivity index (χ0) is 10.6. The summed E-state index contributed by atoms with van der Waals surface area (Å²) in [6.45, 7) is 4.53. The molecule has 3 atom stereocenters. The highest BCUT2D eigenvalue weighted by Gasteiger charge is 2.34. The summed E-state index contributed by atoms with van der Waals surface area (Å²) in [5, 5.41) is 10.3. The average molecular weight is 194 g/mol. The van der Waals surface area contributed by atoms with E-state index in [0.717, 1.165) is 44.4 Å². The maximum absolute atomic E-state index is 10.3. The molecule has 14 heavy (non-hydrogen) atoms. The van der Waals surface area contributed by atoms with Crippen LogP contribution in [0.4, 0.5) is 0 Å². The van der Waals surface area contributed by atoms with Crippen LogP contribution < -0.4 is 0 Å². The van der Waals surface area contributed by atoms with E-state index in [1.54, 1.807) is 0 Å². The van der Waals surface area contributed by atoms with Gasteiger partial charge in [-0.25, -0.2) is 0 Å². The van der Waals surface area contributed by atoms with E-state index in [-0.39, 0.29) is 0 Å². The van der Waals surface area contributed by atoms with Crippen molar-refractivity contribution in [3.05, 3.63) is 0 Å². The Labute approximate surface area is 87.9 Å². The molecule has 0 aliphatic heterocycles. The SMILES string of the molecule is C#CCCCC1(O)CCC(C)C(C)C1. The molecule has 1 heteroatoms. The highest BCUT2D eigenvalue weighted by Crippen LogP contribution is 2.38. The Morgan fingerprint density at radius 2 is 2.14 bits per heavy atom. The third kappa shape index (κ3) is 3.03. The van der Waals surface area contributed by atoms with Crippen molar-refractivity contribution in [1.29, 1.82) is 0 Å². The highest BCUT2D eigenvalue weighted by molar-refractivity contribution is 4.90. The Kier molecular flexibility index (Phi) is 4.01. The zero-order valence-electron chi connectivity index (χ0n) is 9.42. The Morgan fingerprint density at radius 3 is 2.71 bits per heavy atom. The van der Waals surface area contributed by atoms with Crippen molar-refractivity contribution in [3.63, 3.8) is 0 Å². The molecule has 0 spiro atoms. The maximum atomic E-state index is 10.3. The van der Waals surface area contributed by atoms with Gasteiger partial charge in [0.05, 0.1) is 5.60 Å². The molecule has 0 heterocycles. The second-order valence-corrected chi connectivity index (χ2v) is 4.98. The normalized spacial score (nSPS) is 37.9. The summed E-state index contributed by atoms with van der Waals surface area (Å²) in [5.41, 5.74) is -0.414. The third-order valence-electron chi connectivity index (χ3n) is 3.70. The number of terminal acetylenes is 1. The topological polar surface area (TPSA) is 20.2 Å². The third-order valence-corrected chi connectivity index (χ3v) is 3.70. The molecule has 1 aliphatic rings. The highest BCUT2D eigenvalue weighted by atomic mass is 16.3. The molecule has 0 saturated heterocycles. The number of aliphatic hydroxyl groups is 1. The van der Waals surface area contributed by atoms with Crippen LogP contribution in [-0.4, -0.2) is 10.7 Å². The van der Waals surface area contributed by atoms with E-state index in [4.69, 9.17) is 6.42 Å². The molecule has 1 aliphatic carbocycles. The van der Waals surface area contributed by atoms with Gasteiger partial charge in [-0.2, -0.15) is 0 Å². The Morgan fingerprint density at radius 1 is 1.43 bits per heavy atom.